The Morgan fingerprint density at radius 2 is 1.91 bits per heavy atom. The standard InChI is InChI=1S/C27H40N4O3/c1-18(26-29-20-11-6-7-12-21(20)30-26)16-23(32)22(28-24(33)13-14-27(3,4)5)17-25(34)31-15-9-8-10-19(31)2/h6-7,11-12,18-19,22H,8-10,13-17H2,1-5H3,(H,28,33)(H,29,30)/t18-,19+,22+/m1/s1. The van der Waals surface area contributed by atoms with Gasteiger partial charge in [0.15, 0.2) is 5.78 Å². The lowest BCUT2D eigenvalue weighted by Crippen LogP contribution is -2.48. The number of rotatable bonds is 9. The number of aromatic nitrogens is 2. The van der Waals surface area contributed by atoms with Crippen LogP contribution in [0.3, 0.4) is 0 Å². The highest BCUT2D eigenvalue weighted by Crippen LogP contribution is 2.23. The van der Waals surface area contributed by atoms with E-state index in [0.717, 1.165) is 36.1 Å². The molecular weight excluding hydrogens is 428 g/mol. The minimum Gasteiger partial charge on any atom is -0.346 e. The molecule has 0 aliphatic carbocycles. The first-order valence-electron chi connectivity index (χ1n) is 12.6. The molecule has 0 saturated carbocycles. The molecule has 2 heterocycles. The van der Waals surface area contributed by atoms with E-state index in [4.69, 9.17) is 0 Å². The van der Waals surface area contributed by atoms with Crippen molar-refractivity contribution in [2.75, 3.05) is 6.54 Å². The predicted molar refractivity (Wildman–Crippen MR) is 134 cm³/mol. The Balaban J connectivity index is 1.70. The molecule has 0 spiro atoms. The van der Waals surface area contributed by atoms with Gasteiger partial charge >= 0.3 is 0 Å². The second-order valence-electron chi connectivity index (χ2n) is 11.0. The van der Waals surface area contributed by atoms with Gasteiger partial charge in [-0.1, -0.05) is 39.8 Å². The molecule has 1 saturated heterocycles. The molecular formula is C27H40N4O3. The number of Topliss-reactive ketones (excluding diaryl/α,β-unsaturated/α-hetero) is 1. The first-order chi connectivity index (χ1) is 16.0. The maximum Gasteiger partial charge on any atom is 0.225 e. The molecule has 1 aliphatic rings. The van der Waals surface area contributed by atoms with E-state index in [9.17, 15) is 14.4 Å². The quantitative estimate of drug-likeness (QED) is 0.556. The Bertz CT molecular complexity index is 974. The predicted octanol–water partition coefficient (Wildman–Crippen LogP) is 4.73. The number of para-hydroxylation sites is 2. The third kappa shape index (κ3) is 7.15. The number of piperidine rings is 1. The number of benzene rings is 1. The van der Waals surface area contributed by atoms with Crippen LogP contribution in [0.5, 0.6) is 0 Å². The fourth-order valence-electron chi connectivity index (χ4n) is 4.51. The Hall–Kier alpha value is -2.70. The highest BCUT2D eigenvalue weighted by atomic mass is 16.2. The summed E-state index contributed by atoms with van der Waals surface area (Å²) in [5.41, 5.74) is 1.81. The maximum atomic E-state index is 13.4. The Morgan fingerprint density at radius 3 is 2.59 bits per heavy atom. The molecule has 3 atom stereocenters. The number of aromatic amines is 1. The summed E-state index contributed by atoms with van der Waals surface area (Å²) in [5, 5.41) is 2.89. The van der Waals surface area contributed by atoms with Gasteiger partial charge in [-0.25, -0.2) is 4.98 Å². The molecule has 3 rings (SSSR count). The van der Waals surface area contributed by atoms with Crippen molar-refractivity contribution in [1.29, 1.82) is 0 Å². The van der Waals surface area contributed by atoms with E-state index in [1.807, 2.05) is 36.1 Å². The largest absolute Gasteiger partial charge is 0.346 e. The zero-order valence-electron chi connectivity index (χ0n) is 21.3. The van der Waals surface area contributed by atoms with Gasteiger partial charge < -0.3 is 15.2 Å². The third-order valence-corrected chi connectivity index (χ3v) is 6.71. The van der Waals surface area contributed by atoms with E-state index < -0.39 is 6.04 Å². The zero-order valence-corrected chi connectivity index (χ0v) is 21.3. The third-order valence-electron chi connectivity index (χ3n) is 6.71. The smallest absolute Gasteiger partial charge is 0.225 e. The van der Waals surface area contributed by atoms with Crippen LogP contribution in [-0.4, -0.2) is 51.1 Å². The second kappa shape index (κ2) is 11.2. The lowest BCUT2D eigenvalue weighted by Gasteiger charge is -2.34. The molecule has 1 aromatic heterocycles. The van der Waals surface area contributed by atoms with E-state index in [-0.39, 0.29) is 47.8 Å². The van der Waals surface area contributed by atoms with Crippen molar-refractivity contribution in [3.63, 3.8) is 0 Å². The average Bonchev–Trinajstić information content (AvgIpc) is 3.21. The van der Waals surface area contributed by atoms with Crippen molar-refractivity contribution in [1.82, 2.24) is 20.2 Å². The van der Waals surface area contributed by atoms with Crippen LogP contribution in [0.15, 0.2) is 24.3 Å². The fraction of sp³-hybridized carbons (Fsp3) is 0.630. The molecule has 1 fully saturated rings. The number of hydrogen-bond acceptors (Lipinski definition) is 4. The number of carbonyl (C=O) groups excluding carboxylic acids is 3. The van der Waals surface area contributed by atoms with Crippen LogP contribution in [0.4, 0.5) is 0 Å². The Labute approximate surface area is 203 Å². The summed E-state index contributed by atoms with van der Waals surface area (Å²) < 4.78 is 0. The summed E-state index contributed by atoms with van der Waals surface area (Å²) in [6.45, 7) is 11.0. The van der Waals surface area contributed by atoms with Gasteiger partial charge in [0.25, 0.3) is 0 Å². The monoisotopic (exact) mass is 468 g/mol. The number of imidazole rings is 1. The highest BCUT2D eigenvalue weighted by Gasteiger charge is 2.31. The molecule has 0 bridgehead atoms. The van der Waals surface area contributed by atoms with Crippen LogP contribution in [0.1, 0.15) is 91.3 Å². The number of ketones is 1. The molecule has 0 unspecified atom stereocenters. The zero-order chi connectivity index (χ0) is 24.9. The molecule has 2 N–H and O–H groups in total. The molecule has 1 aliphatic heterocycles. The normalized spacial score (nSPS) is 18.5. The summed E-state index contributed by atoms with van der Waals surface area (Å²) in [4.78, 5) is 48.9. The number of amides is 2. The number of hydrogen-bond donors (Lipinski definition) is 2. The fourth-order valence-corrected chi connectivity index (χ4v) is 4.51. The average molecular weight is 469 g/mol. The lowest BCUT2D eigenvalue weighted by molar-refractivity contribution is -0.138. The SMILES string of the molecule is C[C@H](CC(=O)[C@H](CC(=O)N1CCCC[C@@H]1C)NC(=O)CCC(C)(C)C)c1nc2ccccc2[nH]1. The van der Waals surface area contributed by atoms with E-state index in [0.29, 0.717) is 19.4 Å². The number of nitrogens with zero attached hydrogens (tertiary/aromatic N) is 2. The second-order valence-corrected chi connectivity index (χ2v) is 11.0. The van der Waals surface area contributed by atoms with Crippen molar-refractivity contribution in [2.24, 2.45) is 5.41 Å². The van der Waals surface area contributed by atoms with E-state index in [1.165, 1.54) is 0 Å². The molecule has 7 heteroatoms. The van der Waals surface area contributed by atoms with Gasteiger partial charge in [-0.05, 0) is 50.2 Å². The van der Waals surface area contributed by atoms with Crippen LogP contribution in [0.25, 0.3) is 11.0 Å². The van der Waals surface area contributed by atoms with E-state index in [2.05, 4.69) is 43.0 Å². The lowest BCUT2D eigenvalue weighted by atomic mass is 9.90. The van der Waals surface area contributed by atoms with Gasteiger partial charge in [-0.15, -0.1) is 0 Å². The summed E-state index contributed by atoms with van der Waals surface area (Å²) in [6, 6.07) is 7.11. The Morgan fingerprint density at radius 1 is 1.18 bits per heavy atom. The summed E-state index contributed by atoms with van der Waals surface area (Å²) in [7, 11) is 0. The van der Waals surface area contributed by atoms with Crippen molar-refractivity contribution >= 4 is 28.6 Å². The first-order valence-corrected chi connectivity index (χ1v) is 12.6. The summed E-state index contributed by atoms with van der Waals surface area (Å²) in [5.74, 6) is 0.221. The first kappa shape index (κ1) is 25.9. The molecule has 0 radical (unpaired) electrons. The van der Waals surface area contributed by atoms with Crippen molar-refractivity contribution < 1.29 is 14.4 Å². The minimum absolute atomic E-state index is 0.0112. The van der Waals surface area contributed by atoms with Gasteiger partial charge in [-0.3, -0.25) is 14.4 Å². The van der Waals surface area contributed by atoms with Crippen molar-refractivity contribution in [3.05, 3.63) is 30.1 Å². The van der Waals surface area contributed by atoms with Crippen LogP contribution >= 0.6 is 0 Å². The summed E-state index contributed by atoms with van der Waals surface area (Å²) >= 11 is 0. The summed E-state index contributed by atoms with van der Waals surface area (Å²) in [6.07, 6.45) is 4.34. The van der Waals surface area contributed by atoms with Crippen LogP contribution in [-0.2, 0) is 14.4 Å². The number of carbonyl (C=O) groups is 3. The van der Waals surface area contributed by atoms with Gasteiger partial charge in [-0.2, -0.15) is 0 Å². The number of likely N-dealkylation sites (tertiary alicyclic amines) is 1. The highest BCUT2D eigenvalue weighted by molar-refractivity contribution is 5.93. The maximum absolute atomic E-state index is 13.4. The Kier molecular flexibility index (Phi) is 8.50. The molecule has 7 nitrogen and oxygen atoms in total. The van der Waals surface area contributed by atoms with Gasteiger partial charge in [0.2, 0.25) is 11.8 Å². The van der Waals surface area contributed by atoms with Crippen LogP contribution < -0.4 is 5.32 Å². The number of nitrogens with one attached hydrogen (secondary N) is 2. The molecule has 2 amide bonds. The number of H-pyrrole nitrogens is 1. The van der Waals surface area contributed by atoms with E-state index >= 15 is 0 Å². The molecule has 1 aromatic carbocycles. The van der Waals surface area contributed by atoms with Gasteiger partial charge in [0, 0.05) is 31.3 Å². The molecule has 2 aromatic rings. The van der Waals surface area contributed by atoms with Crippen molar-refractivity contribution in [3.8, 4) is 0 Å². The van der Waals surface area contributed by atoms with Gasteiger partial charge in [0.1, 0.15) is 5.82 Å². The molecule has 34 heavy (non-hydrogen) atoms. The van der Waals surface area contributed by atoms with Crippen molar-refractivity contribution in [2.45, 2.75) is 97.6 Å². The topological polar surface area (TPSA) is 95.2 Å². The minimum atomic E-state index is -0.819. The molecule has 186 valence electrons. The van der Waals surface area contributed by atoms with Crippen LogP contribution in [0, 0.1) is 5.41 Å². The van der Waals surface area contributed by atoms with Crippen LogP contribution in [0.2, 0.25) is 0 Å². The van der Waals surface area contributed by atoms with Gasteiger partial charge in [0.05, 0.1) is 23.5 Å². The van der Waals surface area contributed by atoms with E-state index in [1.54, 1.807) is 0 Å². The number of fused-ring (bicyclic) bond motifs is 1.